The number of amides is 2. The number of carbonyl (C=O) groups excluding carboxylic acids is 2. The fraction of sp³-hybridized carbons (Fsp3) is 0.300. The van der Waals surface area contributed by atoms with Crippen LogP contribution in [0.1, 0.15) is 39.1 Å². The molecule has 0 atom stereocenters. The lowest BCUT2D eigenvalue weighted by molar-refractivity contribution is -0.137. The van der Waals surface area contributed by atoms with E-state index in [1.807, 2.05) is 0 Å². The van der Waals surface area contributed by atoms with Gasteiger partial charge in [-0.1, -0.05) is 29.8 Å². The molecule has 2 amide bonds. The van der Waals surface area contributed by atoms with Gasteiger partial charge in [-0.05, 0) is 43.2 Å². The number of rotatable bonds is 3. The number of nitrogens with zero attached hydrogens (tertiary/aromatic N) is 1. The molecule has 1 fully saturated rings. The van der Waals surface area contributed by atoms with Crippen LogP contribution in [0.15, 0.2) is 48.5 Å². The second kappa shape index (κ2) is 8.22. The normalized spacial score (nSPS) is 15.4. The summed E-state index contributed by atoms with van der Waals surface area (Å²) in [4.78, 5) is 26.5. The molecule has 0 aromatic heterocycles. The van der Waals surface area contributed by atoms with Gasteiger partial charge in [-0.15, -0.1) is 0 Å². The van der Waals surface area contributed by atoms with Gasteiger partial charge >= 0.3 is 6.18 Å². The summed E-state index contributed by atoms with van der Waals surface area (Å²) in [5.41, 5.74) is -0.873. The van der Waals surface area contributed by atoms with Crippen molar-refractivity contribution in [1.82, 2.24) is 10.2 Å². The van der Waals surface area contributed by atoms with Gasteiger partial charge in [0.15, 0.2) is 0 Å². The van der Waals surface area contributed by atoms with Crippen molar-refractivity contribution in [3.63, 3.8) is 0 Å². The average Bonchev–Trinajstić information content (AvgIpc) is 2.67. The third-order valence-electron chi connectivity index (χ3n) is 4.67. The first-order valence-corrected chi connectivity index (χ1v) is 9.15. The molecule has 0 radical (unpaired) electrons. The second-order valence-corrected chi connectivity index (χ2v) is 7.03. The van der Waals surface area contributed by atoms with Gasteiger partial charge in [0, 0.05) is 29.7 Å². The summed E-state index contributed by atoms with van der Waals surface area (Å²) < 4.78 is 39.3. The number of likely N-dealkylation sites (tertiary alicyclic amines) is 1. The Hall–Kier alpha value is -2.54. The fourth-order valence-electron chi connectivity index (χ4n) is 3.22. The van der Waals surface area contributed by atoms with Crippen molar-refractivity contribution in [2.24, 2.45) is 0 Å². The Morgan fingerprint density at radius 3 is 2.36 bits per heavy atom. The maximum Gasteiger partial charge on any atom is 0.417 e. The summed E-state index contributed by atoms with van der Waals surface area (Å²) in [6.07, 6.45) is -3.67. The quantitative estimate of drug-likeness (QED) is 0.815. The van der Waals surface area contributed by atoms with E-state index in [4.69, 9.17) is 11.6 Å². The van der Waals surface area contributed by atoms with Crippen LogP contribution >= 0.6 is 11.6 Å². The Morgan fingerprint density at radius 1 is 1.04 bits per heavy atom. The molecular weight excluding hydrogens is 393 g/mol. The van der Waals surface area contributed by atoms with E-state index < -0.39 is 23.2 Å². The van der Waals surface area contributed by atoms with Gasteiger partial charge in [-0.2, -0.15) is 13.2 Å². The number of hydrogen-bond acceptors (Lipinski definition) is 2. The number of halogens is 4. The molecule has 1 heterocycles. The van der Waals surface area contributed by atoms with Crippen molar-refractivity contribution in [3.05, 3.63) is 70.2 Å². The van der Waals surface area contributed by atoms with Crippen molar-refractivity contribution in [2.45, 2.75) is 25.1 Å². The molecule has 148 valence electrons. The molecule has 28 heavy (non-hydrogen) atoms. The van der Waals surface area contributed by atoms with Gasteiger partial charge in [0.1, 0.15) is 0 Å². The molecule has 1 aliphatic rings. The number of hydrogen-bond donors (Lipinski definition) is 1. The zero-order valence-electron chi connectivity index (χ0n) is 14.8. The SMILES string of the molecule is O=C(NC1CCN(C(=O)c2cccc(Cl)c2)CC1)c1ccccc1C(F)(F)F. The first kappa shape index (κ1) is 20.2. The van der Waals surface area contributed by atoms with Crippen LogP contribution in [0.25, 0.3) is 0 Å². The molecule has 1 aliphatic heterocycles. The molecular formula is C20H18ClF3N2O2. The summed E-state index contributed by atoms with van der Waals surface area (Å²) in [6, 6.07) is 11.0. The Labute approximate surface area is 165 Å². The summed E-state index contributed by atoms with van der Waals surface area (Å²) >= 11 is 5.91. The topological polar surface area (TPSA) is 49.4 Å². The van der Waals surface area contributed by atoms with E-state index in [2.05, 4.69) is 5.32 Å². The van der Waals surface area contributed by atoms with Crippen LogP contribution in [0.3, 0.4) is 0 Å². The number of piperidine rings is 1. The van der Waals surface area contributed by atoms with E-state index in [0.717, 1.165) is 12.1 Å². The van der Waals surface area contributed by atoms with Gasteiger partial charge < -0.3 is 10.2 Å². The zero-order chi connectivity index (χ0) is 20.3. The maximum atomic E-state index is 13.1. The van der Waals surface area contributed by atoms with E-state index in [-0.39, 0.29) is 11.9 Å². The molecule has 0 spiro atoms. The molecule has 4 nitrogen and oxygen atoms in total. The van der Waals surface area contributed by atoms with Crippen LogP contribution in [0.2, 0.25) is 5.02 Å². The molecule has 2 aromatic rings. The zero-order valence-corrected chi connectivity index (χ0v) is 15.6. The lowest BCUT2D eigenvalue weighted by Crippen LogP contribution is -2.46. The Balaban J connectivity index is 1.61. The first-order chi connectivity index (χ1) is 13.3. The lowest BCUT2D eigenvalue weighted by Gasteiger charge is -2.32. The summed E-state index contributed by atoms with van der Waals surface area (Å²) in [7, 11) is 0. The number of carbonyl (C=O) groups is 2. The predicted octanol–water partition coefficient (Wildman–Crippen LogP) is 4.39. The Kier molecular flexibility index (Phi) is 5.93. The van der Waals surface area contributed by atoms with E-state index in [1.54, 1.807) is 29.2 Å². The van der Waals surface area contributed by atoms with E-state index in [0.29, 0.717) is 36.5 Å². The molecule has 0 bridgehead atoms. The highest BCUT2D eigenvalue weighted by Gasteiger charge is 2.35. The van der Waals surface area contributed by atoms with Gasteiger partial charge in [0.25, 0.3) is 11.8 Å². The van der Waals surface area contributed by atoms with Gasteiger partial charge in [-0.25, -0.2) is 0 Å². The minimum Gasteiger partial charge on any atom is -0.349 e. The maximum absolute atomic E-state index is 13.1. The van der Waals surface area contributed by atoms with Gasteiger partial charge in [0.2, 0.25) is 0 Å². The first-order valence-electron chi connectivity index (χ1n) is 8.77. The Bertz CT molecular complexity index is 878. The summed E-state index contributed by atoms with van der Waals surface area (Å²) in [6.45, 7) is 0.800. The van der Waals surface area contributed by atoms with Crippen LogP contribution in [0.4, 0.5) is 13.2 Å². The number of nitrogens with one attached hydrogen (secondary N) is 1. The third kappa shape index (κ3) is 4.65. The van der Waals surface area contributed by atoms with E-state index >= 15 is 0 Å². The van der Waals surface area contributed by atoms with Crippen molar-refractivity contribution in [3.8, 4) is 0 Å². The lowest BCUT2D eigenvalue weighted by atomic mass is 10.0. The van der Waals surface area contributed by atoms with Crippen molar-refractivity contribution in [1.29, 1.82) is 0 Å². The van der Waals surface area contributed by atoms with Crippen molar-refractivity contribution < 1.29 is 22.8 Å². The molecule has 3 rings (SSSR count). The van der Waals surface area contributed by atoms with E-state index in [1.165, 1.54) is 12.1 Å². The van der Waals surface area contributed by atoms with Crippen LogP contribution in [-0.2, 0) is 6.18 Å². The minimum atomic E-state index is -4.60. The van der Waals surface area contributed by atoms with Crippen molar-refractivity contribution >= 4 is 23.4 Å². The molecule has 0 aliphatic carbocycles. The summed E-state index contributed by atoms with van der Waals surface area (Å²) in [5, 5.41) is 3.13. The van der Waals surface area contributed by atoms with Gasteiger partial charge in [-0.3, -0.25) is 9.59 Å². The smallest absolute Gasteiger partial charge is 0.349 e. The predicted molar refractivity (Wildman–Crippen MR) is 99.3 cm³/mol. The molecule has 1 N–H and O–H groups in total. The summed E-state index contributed by atoms with van der Waals surface area (Å²) in [5.74, 6) is -0.915. The van der Waals surface area contributed by atoms with Crippen LogP contribution in [-0.4, -0.2) is 35.8 Å². The average molecular weight is 411 g/mol. The molecule has 0 saturated carbocycles. The van der Waals surface area contributed by atoms with Gasteiger partial charge in [0.05, 0.1) is 11.1 Å². The van der Waals surface area contributed by atoms with Crippen LogP contribution in [0.5, 0.6) is 0 Å². The second-order valence-electron chi connectivity index (χ2n) is 6.59. The minimum absolute atomic E-state index is 0.158. The standard InChI is InChI=1S/C20H18ClF3N2O2/c21-14-5-3-4-13(12-14)19(28)26-10-8-15(9-11-26)25-18(27)16-6-1-2-7-17(16)20(22,23)24/h1-7,12,15H,8-11H2,(H,25,27). The molecule has 2 aromatic carbocycles. The third-order valence-corrected chi connectivity index (χ3v) is 4.90. The van der Waals surface area contributed by atoms with E-state index in [9.17, 15) is 22.8 Å². The largest absolute Gasteiger partial charge is 0.417 e. The Morgan fingerprint density at radius 2 is 1.71 bits per heavy atom. The molecule has 0 unspecified atom stereocenters. The van der Waals surface area contributed by atoms with Crippen LogP contribution < -0.4 is 5.32 Å². The van der Waals surface area contributed by atoms with Crippen LogP contribution in [0, 0.1) is 0 Å². The highest BCUT2D eigenvalue weighted by molar-refractivity contribution is 6.30. The number of alkyl halides is 3. The highest BCUT2D eigenvalue weighted by Crippen LogP contribution is 2.32. The monoisotopic (exact) mass is 410 g/mol. The fourth-order valence-corrected chi connectivity index (χ4v) is 3.41. The molecule has 1 saturated heterocycles. The molecule has 8 heteroatoms. The van der Waals surface area contributed by atoms with Crippen molar-refractivity contribution in [2.75, 3.05) is 13.1 Å². The number of benzene rings is 2. The highest BCUT2D eigenvalue weighted by atomic mass is 35.5.